The van der Waals surface area contributed by atoms with Crippen molar-refractivity contribution >= 4 is 11.8 Å². The Labute approximate surface area is 120 Å². The second-order valence-corrected chi connectivity index (χ2v) is 6.59. The van der Waals surface area contributed by atoms with E-state index in [1.807, 2.05) is 4.68 Å². The summed E-state index contributed by atoms with van der Waals surface area (Å²) >= 11 is 2.08. The Hall–Kier alpha value is -0.590. The summed E-state index contributed by atoms with van der Waals surface area (Å²) in [4.78, 5) is 2.56. The summed E-state index contributed by atoms with van der Waals surface area (Å²) in [6.07, 6.45) is 2.05. The molecule has 1 aliphatic heterocycles. The Balaban J connectivity index is 1.79. The number of aromatic nitrogens is 3. The van der Waals surface area contributed by atoms with Crippen LogP contribution in [0, 0.1) is 0 Å². The van der Waals surface area contributed by atoms with Gasteiger partial charge in [-0.3, -0.25) is 9.58 Å². The predicted molar refractivity (Wildman–Crippen MR) is 80.4 cm³/mol. The van der Waals surface area contributed by atoms with E-state index in [1.54, 1.807) is 0 Å². The van der Waals surface area contributed by atoms with Gasteiger partial charge in [0.05, 0.1) is 12.2 Å². The summed E-state index contributed by atoms with van der Waals surface area (Å²) in [6, 6.07) is 0.656. The van der Waals surface area contributed by atoms with Crippen LogP contribution in [0.4, 0.5) is 0 Å². The van der Waals surface area contributed by atoms with E-state index in [1.165, 1.54) is 12.3 Å². The summed E-state index contributed by atoms with van der Waals surface area (Å²) in [5, 5.41) is 12.4. The summed E-state index contributed by atoms with van der Waals surface area (Å²) < 4.78 is 1.96. The third-order valence-corrected chi connectivity index (χ3v) is 5.11. The number of thioether (sulfide) groups is 1. The molecule has 108 valence electrons. The van der Waals surface area contributed by atoms with Gasteiger partial charge < -0.3 is 5.32 Å². The van der Waals surface area contributed by atoms with Crippen molar-refractivity contribution < 1.29 is 0 Å². The van der Waals surface area contributed by atoms with Gasteiger partial charge in [-0.2, -0.15) is 11.8 Å². The highest BCUT2D eigenvalue weighted by Crippen LogP contribution is 2.23. The van der Waals surface area contributed by atoms with Crippen LogP contribution in [0.25, 0.3) is 0 Å². The molecule has 0 aromatic carbocycles. The molecule has 0 aliphatic carbocycles. The van der Waals surface area contributed by atoms with Crippen LogP contribution in [-0.2, 0) is 13.1 Å². The molecule has 1 saturated heterocycles. The van der Waals surface area contributed by atoms with Crippen LogP contribution >= 0.6 is 11.8 Å². The molecular formula is C13H25N5S. The molecule has 2 unspecified atom stereocenters. The lowest BCUT2D eigenvalue weighted by atomic mass is 10.2. The quantitative estimate of drug-likeness (QED) is 0.850. The lowest BCUT2D eigenvalue weighted by Gasteiger charge is -2.37. The van der Waals surface area contributed by atoms with Crippen molar-refractivity contribution in [3.63, 3.8) is 0 Å². The highest BCUT2D eigenvalue weighted by atomic mass is 32.2. The minimum atomic E-state index is 0.656. The van der Waals surface area contributed by atoms with Crippen LogP contribution in [0.2, 0.25) is 0 Å². The van der Waals surface area contributed by atoms with E-state index in [4.69, 9.17) is 0 Å². The zero-order valence-corrected chi connectivity index (χ0v) is 13.0. The Kier molecular flexibility index (Phi) is 5.66. The molecule has 5 nitrogen and oxygen atoms in total. The minimum absolute atomic E-state index is 0.656. The van der Waals surface area contributed by atoms with Crippen molar-refractivity contribution in [1.82, 2.24) is 25.2 Å². The van der Waals surface area contributed by atoms with E-state index in [-0.39, 0.29) is 0 Å². The van der Waals surface area contributed by atoms with Gasteiger partial charge in [0, 0.05) is 42.9 Å². The second kappa shape index (κ2) is 7.26. The van der Waals surface area contributed by atoms with Gasteiger partial charge in [-0.25, -0.2) is 0 Å². The predicted octanol–water partition coefficient (Wildman–Crippen LogP) is 1.21. The molecule has 2 atom stereocenters. The van der Waals surface area contributed by atoms with Crippen LogP contribution in [0.1, 0.15) is 26.5 Å². The third-order valence-electron chi connectivity index (χ3n) is 3.77. The molecule has 0 spiro atoms. The second-order valence-electron chi connectivity index (χ2n) is 5.11. The average Bonchev–Trinajstić information content (AvgIpc) is 2.86. The van der Waals surface area contributed by atoms with Crippen molar-refractivity contribution in [2.45, 2.75) is 45.2 Å². The van der Waals surface area contributed by atoms with Crippen LogP contribution < -0.4 is 5.32 Å². The molecule has 1 N–H and O–H groups in total. The zero-order chi connectivity index (χ0) is 13.7. The first kappa shape index (κ1) is 14.8. The highest BCUT2D eigenvalue weighted by Gasteiger charge is 2.24. The lowest BCUT2D eigenvalue weighted by Crippen LogP contribution is -2.45. The maximum Gasteiger partial charge on any atom is 0.0964 e. The molecule has 1 fully saturated rings. The first-order valence-electron chi connectivity index (χ1n) is 7.16. The van der Waals surface area contributed by atoms with E-state index in [0.29, 0.717) is 6.04 Å². The third kappa shape index (κ3) is 4.19. The molecule has 2 heterocycles. The van der Waals surface area contributed by atoms with Crippen molar-refractivity contribution in [2.24, 2.45) is 0 Å². The van der Waals surface area contributed by atoms with Crippen molar-refractivity contribution in [3.05, 3.63) is 11.9 Å². The van der Waals surface area contributed by atoms with E-state index in [0.717, 1.165) is 37.1 Å². The van der Waals surface area contributed by atoms with Crippen LogP contribution in [0.3, 0.4) is 0 Å². The van der Waals surface area contributed by atoms with E-state index in [2.05, 4.69) is 59.3 Å². The molecule has 1 aliphatic rings. The topological polar surface area (TPSA) is 46.0 Å². The maximum absolute atomic E-state index is 4.19. The van der Waals surface area contributed by atoms with Gasteiger partial charge in [0.1, 0.15) is 0 Å². The van der Waals surface area contributed by atoms with Gasteiger partial charge >= 0.3 is 0 Å². The number of nitrogens with zero attached hydrogens (tertiary/aromatic N) is 4. The molecule has 19 heavy (non-hydrogen) atoms. The fraction of sp³-hybridized carbons (Fsp3) is 0.846. The summed E-state index contributed by atoms with van der Waals surface area (Å²) in [7, 11) is 0. The van der Waals surface area contributed by atoms with Gasteiger partial charge in [-0.15, -0.1) is 5.10 Å². The van der Waals surface area contributed by atoms with Crippen molar-refractivity contribution in [1.29, 1.82) is 0 Å². The molecule has 6 heteroatoms. The number of hydrogen-bond acceptors (Lipinski definition) is 5. The smallest absolute Gasteiger partial charge is 0.0964 e. The Morgan fingerprint density at radius 3 is 3.05 bits per heavy atom. The van der Waals surface area contributed by atoms with Gasteiger partial charge in [-0.05, 0) is 13.5 Å². The summed E-state index contributed by atoms with van der Waals surface area (Å²) in [5.41, 5.74) is 1.03. The van der Waals surface area contributed by atoms with E-state index >= 15 is 0 Å². The lowest BCUT2D eigenvalue weighted by molar-refractivity contribution is 0.202. The van der Waals surface area contributed by atoms with Gasteiger partial charge in [0.2, 0.25) is 0 Å². The fourth-order valence-corrected chi connectivity index (χ4v) is 3.49. The Morgan fingerprint density at radius 1 is 1.42 bits per heavy atom. The normalized spacial score (nSPS) is 24.8. The molecule has 0 radical (unpaired) electrons. The van der Waals surface area contributed by atoms with E-state index < -0.39 is 0 Å². The molecule has 0 bridgehead atoms. The monoisotopic (exact) mass is 283 g/mol. The standard InChI is InChI=1S/C13H25N5S/c1-4-14-9-13-10-18(16-15-13)6-5-17-7-8-19-12(3)11(17)2/h10-12,14H,4-9H2,1-3H3. The van der Waals surface area contributed by atoms with E-state index in [9.17, 15) is 0 Å². The maximum atomic E-state index is 4.19. The first-order chi connectivity index (χ1) is 9.20. The molecule has 0 saturated carbocycles. The molecule has 2 rings (SSSR count). The first-order valence-corrected chi connectivity index (χ1v) is 8.21. The average molecular weight is 283 g/mol. The zero-order valence-electron chi connectivity index (χ0n) is 12.2. The van der Waals surface area contributed by atoms with Crippen LogP contribution in [0.15, 0.2) is 6.20 Å². The largest absolute Gasteiger partial charge is 0.311 e. The molecular weight excluding hydrogens is 258 g/mol. The summed E-state index contributed by atoms with van der Waals surface area (Å²) in [6.45, 7) is 11.7. The van der Waals surface area contributed by atoms with Crippen LogP contribution in [0.5, 0.6) is 0 Å². The number of rotatable bonds is 6. The fourth-order valence-electron chi connectivity index (χ4n) is 2.32. The molecule has 1 aromatic rings. The van der Waals surface area contributed by atoms with Gasteiger partial charge in [0.15, 0.2) is 0 Å². The van der Waals surface area contributed by atoms with Gasteiger partial charge in [0.25, 0.3) is 0 Å². The van der Waals surface area contributed by atoms with Gasteiger partial charge in [-0.1, -0.05) is 19.1 Å². The number of nitrogens with one attached hydrogen (secondary N) is 1. The Bertz CT molecular complexity index is 381. The number of hydrogen-bond donors (Lipinski definition) is 1. The SMILES string of the molecule is CCNCc1cn(CCN2CCSC(C)C2C)nn1. The summed E-state index contributed by atoms with van der Waals surface area (Å²) in [5.74, 6) is 1.24. The van der Waals surface area contributed by atoms with Crippen molar-refractivity contribution in [3.8, 4) is 0 Å². The Morgan fingerprint density at radius 2 is 2.26 bits per heavy atom. The minimum Gasteiger partial charge on any atom is -0.311 e. The molecule has 0 amide bonds. The highest BCUT2D eigenvalue weighted by molar-refractivity contribution is 8.00. The van der Waals surface area contributed by atoms with Crippen molar-refractivity contribution in [2.75, 3.05) is 25.4 Å². The van der Waals surface area contributed by atoms with Crippen LogP contribution in [-0.4, -0.2) is 56.6 Å². The molecule has 1 aromatic heterocycles.